The molecular weight excluding hydrogens is 380 g/mol. The van der Waals surface area contributed by atoms with E-state index in [2.05, 4.69) is 26.6 Å². The van der Waals surface area contributed by atoms with Crippen molar-refractivity contribution in [2.45, 2.75) is 26.0 Å². The Morgan fingerprint density at radius 1 is 1.17 bits per heavy atom. The van der Waals surface area contributed by atoms with Crippen molar-refractivity contribution in [1.82, 2.24) is 10.6 Å². The number of ether oxygens (including phenoxy) is 2. The summed E-state index contributed by atoms with van der Waals surface area (Å²) in [6, 6.07) is 5.83. The van der Waals surface area contributed by atoms with E-state index in [-0.39, 0.29) is 0 Å². The van der Waals surface area contributed by atoms with E-state index in [0.29, 0.717) is 18.7 Å². The number of carbonyl (C=O) groups is 3. The molecule has 1 rings (SSSR count). The number of halogens is 1. The van der Waals surface area contributed by atoms with Crippen molar-refractivity contribution in [3.63, 3.8) is 0 Å². The predicted molar refractivity (Wildman–Crippen MR) is 91.5 cm³/mol. The lowest BCUT2D eigenvalue weighted by atomic mass is 10.2. The maximum absolute atomic E-state index is 12.0. The molecule has 0 unspecified atom stereocenters. The molecule has 0 saturated carbocycles. The monoisotopic (exact) mass is 400 g/mol. The number of nitrogens with one attached hydrogen (secondary N) is 2. The summed E-state index contributed by atoms with van der Waals surface area (Å²) >= 11 is 3.28. The summed E-state index contributed by atoms with van der Waals surface area (Å²) in [6.07, 6.45) is -0.957. The smallest absolute Gasteiger partial charge is 0.329 e. The second kappa shape index (κ2) is 10.0. The predicted octanol–water partition coefficient (Wildman–Crippen LogP) is 1.26. The lowest BCUT2D eigenvalue weighted by Gasteiger charge is -2.17. The molecule has 0 heterocycles. The van der Waals surface area contributed by atoms with Gasteiger partial charge in [0.1, 0.15) is 6.04 Å². The molecule has 0 spiro atoms. The maximum Gasteiger partial charge on any atom is 0.329 e. The van der Waals surface area contributed by atoms with Gasteiger partial charge in [-0.25, -0.2) is 4.79 Å². The molecule has 0 bridgehead atoms. The van der Waals surface area contributed by atoms with Crippen molar-refractivity contribution < 1.29 is 23.9 Å². The fourth-order valence-electron chi connectivity index (χ4n) is 1.69. The van der Waals surface area contributed by atoms with Crippen molar-refractivity contribution in [1.29, 1.82) is 0 Å². The highest BCUT2D eigenvalue weighted by Gasteiger charge is 2.23. The average Bonchev–Trinajstić information content (AvgIpc) is 2.55. The number of rotatable bonds is 8. The van der Waals surface area contributed by atoms with Gasteiger partial charge in [0.2, 0.25) is 0 Å². The average molecular weight is 401 g/mol. The Hall–Kier alpha value is -1.93. The molecule has 0 aromatic heterocycles. The fourth-order valence-corrected chi connectivity index (χ4v) is 1.95. The normalized spacial score (nSPS) is 12.8. The third-order valence-electron chi connectivity index (χ3n) is 3.08. The van der Waals surface area contributed by atoms with Gasteiger partial charge in [-0.1, -0.05) is 15.9 Å². The first-order chi connectivity index (χ1) is 11.3. The summed E-state index contributed by atoms with van der Waals surface area (Å²) in [5.41, 5.74) is 0.420. The van der Waals surface area contributed by atoms with E-state index in [0.717, 1.165) is 4.47 Å². The lowest BCUT2D eigenvalue weighted by Crippen LogP contribution is -2.43. The van der Waals surface area contributed by atoms with Crippen LogP contribution >= 0.6 is 15.9 Å². The van der Waals surface area contributed by atoms with Gasteiger partial charge in [0, 0.05) is 23.7 Å². The lowest BCUT2D eigenvalue weighted by molar-refractivity contribution is -0.156. The Balaban J connectivity index is 2.47. The maximum atomic E-state index is 12.0. The number of benzene rings is 1. The number of hydrogen-bond acceptors (Lipinski definition) is 5. The first-order valence-corrected chi connectivity index (χ1v) is 8.18. The minimum Gasteiger partial charge on any atom is -0.451 e. The highest BCUT2D eigenvalue weighted by Crippen LogP contribution is 2.10. The SMILES string of the molecule is COCCNC(=O)[C@H](C)OC(=O)[C@H](C)NC(=O)c1ccc(Br)cc1. The molecule has 0 fully saturated rings. The molecule has 0 aliphatic heterocycles. The first kappa shape index (κ1) is 20.1. The third-order valence-corrected chi connectivity index (χ3v) is 3.60. The molecule has 2 atom stereocenters. The van der Waals surface area contributed by atoms with Crippen LogP contribution < -0.4 is 10.6 Å². The molecule has 2 amide bonds. The fraction of sp³-hybridized carbons (Fsp3) is 0.438. The van der Waals surface area contributed by atoms with Crippen LogP contribution in [0.4, 0.5) is 0 Å². The molecule has 0 saturated heterocycles. The van der Waals surface area contributed by atoms with Gasteiger partial charge in [-0.3, -0.25) is 9.59 Å². The number of carbonyl (C=O) groups excluding carboxylic acids is 3. The zero-order chi connectivity index (χ0) is 18.1. The van der Waals surface area contributed by atoms with Crippen LogP contribution in [0.2, 0.25) is 0 Å². The first-order valence-electron chi connectivity index (χ1n) is 7.38. The number of methoxy groups -OCH3 is 1. The van der Waals surface area contributed by atoms with Gasteiger partial charge >= 0.3 is 5.97 Å². The molecular formula is C16H21BrN2O5. The quantitative estimate of drug-likeness (QED) is 0.506. The van der Waals surface area contributed by atoms with Gasteiger partial charge in [0.15, 0.2) is 6.10 Å². The van der Waals surface area contributed by atoms with E-state index >= 15 is 0 Å². The molecule has 0 aliphatic carbocycles. The summed E-state index contributed by atoms with van der Waals surface area (Å²) in [7, 11) is 1.52. The van der Waals surface area contributed by atoms with Crippen molar-refractivity contribution in [2.75, 3.05) is 20.3 Å². The van der Waals surface area contributed by atoms with Crippen LogP contribution in [0.25, 0.3) is 0 Å². The molecule has 1 aromatic rings. The zero-order valence-electron chi connectivity index (χ0n) is 13.8. The number of amides is 2. The molecule has 0 radical (unpaired) electrons. The van der Waals surface area contributed by atoms with Gasteiger partial charge in [-0.15, -0.1) is 0 Å². The molecule has 24 heavy (non-hydrogen) atoms. The van der Waals surface area contributed by atoms with Crippen molar-refractivity contribution >= 4 is 33.7 Å². The van der Waals surface area contributed by atoms with Crippen LogP contribution in [0.5, 0.6) is 0 Å². The second-order valence-corrected chi connectivity index (χ2v) is 5.98. The summed E-state index contributed by atoms with van der Waals surface area (Å²) < 4.78 is 10.7. The van der Waals surface area contributed by atoms with E-state index in [9.17, 15) is 14.4 Å². The Bertz CT molecular complexity index is 576. The standard InChI is InChI=1S/C16H21BrN2O5/c1-10(19-15(21)12-4-6-13(17)7-5-12)16(22)24-11(2)14(20)18-8-9-23-3/h4-7,10-11H,8-9H2,1-3H3,(H,18,20)(H,19,21)/t10-,11-/m0/s1. The van der Waals surface area contributed by atoms with Gasteiger partial charge in [-0.2, -0.15) is 0 Å². The molecule has 2 N–H and O–H groups in total. The van der Waals surface area contributed by atoms with Crippen LogP contribution in [-0.4, -0.2) is 50.2 Å². The number of hydrogen-bond donors (Lipinski definition) is 2. The molecule has 1 aromatic carbocycles. The van der Waals surface area contributed by atoms with Gasteiger partial charge in [-0.05, 0) is 38.1 Å². The second-order valence-electron chi connectivity index (χ2n) is 5.06. The molecule has 8 heteroatoms. The van der Waals surface area contributed by atoms with Crippen LogP contribution in [0.15, 0.2) is 28.7 Å². The van der Waals surface area contributed by atoms with E-state index in [4.69, 9.17) is 9.47 Å². The van der Waals surface area contributed by atoms with E-state index in [1.807, 2.05) is 0 Å². The van der Waals surface area contributed by atoms with Gasteiger partial charge in [0.25, 0.3) is 11.8 Å². The highest BCUT2D eigenvalue weighted by molar-refractivity contribution is 9.10. The topological polar surface area (TPSA) is 93.7 Å². The molecule has 132 valence electrons. The van der Waals surface area contributed by atoms with Crippen LogP contribution in [-0.2, 0) is 19.1 Å². The minimum atomic E-state index is -0.957. The molecule has 0 aliphatic rings. The summed E-state index contributed by atoms with van der Waals surface area (Å²) in [4.78, 5) is 35.7. The van der Waals surface area contributed by atoms with Crippen molar-refractivity contribution in [3.8, 4) is 0 Å². The Morgan fingerprint density at radius 2 is 1.79 bits per heavy atom. The van der Waals surface area contributed by atoms with Crippen molar-refractivity contribution in [3.05, 3.63) is 34.3 Å². The van der Waals surface area contributed by atoms with Crippen LogP contribution in [0.1, 0.15) is 24.2 Å². The summed E-state index contributed by atoms with van der Waals surface area (Å²) in [5, 5.41) is 5.10. The Labute approximate surface area is 149 Å². The highest BCUT2D eigenvalue weighted by atomic mass is 79.9. The van der Waals surface area contributed by atoms with Gasteiger partial charge in [0.05, 0.1) is 6.61 Å². The minimum absolute atomic E-state index is 0.326. The largest absolute Gasteiger partial charge is 0.451 e. The Kier molecular flexibility index (Phi) is 8.42. The molecule has 7 nitrogen and oxygen atoms in total. The van der Waals surface area contributed by atoms with Crippen molar-refractivity contribution in [2.24, 2.45) is 0 Å². The van der Waals surface area contributed by atoms with E-state index < -0.39 is 29.9 Å². The zero-order valence-corrected chi connectivity index (χ0v) is 15.4. The third kappa shape index (κ3) is 6.67. The van der Waals surface area contributed by atoms with Gasteiger partial charge < -0.3 is 20.1 Å². The van der Waals surface area contributed by atoms with E-state index in [1.54, 1.807) is 24.3 Å². The van der Waals surface area contributed by atoms with Crippen LogP contribution in [0.3, 0.4) is 0 Å². The summed E-state index contributed by atoms with van der Waals surface area (Å²) in [5.74, 6) is -1.51. The van der Waals surface area contributed by atoms with E-state index in [1.165, 1.54) is 21.0 Å². The number of esters is 1. The van der Waals surface area contributed by atoms with Crippen LogP contribution in [0, 0.1) is 0 Å². The summed E-state index contributed by atoms with van der Waals surface area (Å²) in [6.45, 7) is 3.65. The Morgan fingerprint density at radius 3 is 2.38 bits per heavy atom.